The van der Waals surface area contributed by atoms with E-state index in [4.69, 9.17) is 0 Å². The number of hydrogen-bond donors (Lipinski definition) is 1. The lowest BCUT2D eigenvalue weighted by Crippen LogP contribution is -2.20. The predicted molar refractivity (Wildman–Crippen MR) is 84.5 cm³/mol. The highest BCUT2D eigenvalue weighted by molar-refractivity contribution is 7.15. The minimum atomic E-state index is -4.57. The van der Waals surface area contributed by atoms with Crippen LogP contribution in [-0.4, -0.2) is 33.8 Å². The van der Waals surface area contributed by atoms with E-state index in [1.807, 2.05) is 0 Å². The molecule has 3 rings (SSSR count). The van der Waals surface area contributed by atoms with Crippen LogP contribution in [-0.2, 0) is 0 Å². The standard InChI is InChI=1S/C14H11F3N4O4S/c15-14(16,17)6-25-8-3-4-10(21(23)24)9(5-8)11(22)18-13-20-19-12(26-13)7-1-2-7/h3-5,7H,1-2,6H2,(H,18,20,22). The molecule has 0 bridgehead atoms. The number of amides is 1. The van der Waals surface area contributed by atoms with E-state index in [-0.39, 0.29) is 10.9 Å². The minimum Gasteiger partial charge on any atom is -0.484 e. The fraction of sp³-hybridized carbons (Fsp3) is 0.357. The van der Waals surface area contributed by atoms with E-state index < -0.39 is 34.9 Å². The molecule has 2 aromatic rings. The van der Waals surface area contributed by atoms with Crippen molar-refractivity contribution in [2.75, 3.05) is 11.9 Å². The number of carbonyl (C=O) groups excluding carboxylic acids is 1. The molecular formula is C14H11F3N4O4S. The molecule has 1 aromatic heterocycles. The summed E-state index contributed by atoms with van der Waals surface area (Å²) in [7, 11) is 0. The Morgan fingerprint density at radius 1 is 1.38 bits per heavy atom. The van der Waals surface area contributed by atoms with Crippen LogP contribution < -0.4 is 10.1 Å². The van der Waals surface area contributed by atoms with Gasteiger partial charge >= 0.3 is 6.18 Å². The molecule has 0 aliphatic heterocycles. The first-order valence-electron chi connectivity index (χ1n) is 7.35. The van der Waals surface area contributed by atoms with E-state index in [2.05, 4.69) is 20.3 Å². The Bertz CT molecular complexity index is 851. The van der Waals surface area contributed by atoms with E-state index in [0.717, 1.165) is 47.4 Å². The molecule has 138 valence electrons. The van der Waals surface area contributed by atoms with Crippen LogP contribution in [0.2, 0.25) is 0 Å². The van der Waals surface area contributed by atoms with Gasteiger partial charge in [-0.3, -0.25) is 20.2 Å². The number of alkyl halides is 3. The molecule has 1 heterocycles. The number of nitro groups is 1. The SMILES string of the molecule is O=C(Nc1nnc(C2CC2)s1)c1cc(OCC(F)(F)F)ccc1[N+](=O)[O-]. The summed E-state index contributed by atoms with van der Waals surface area (Å²) in [6, 6.07) is 2.80. The van der Waals surface area contributed by atoms with Crippen molar-refractivity contribution in [2.45, 2.75) is 24.9 Å². The highest BCUT2D eigenvalue weighted by Gasteiger charge is 2.30. The van der Waals surface area contributed by atoms with Gasteiger partial charge in [-0.05, 0) is 25.0 Å². The molecule has 0 radical (unpaired) electrons. The lowest BCUT2D eigenvalue weighted by atomic mass is 10.1. The van der Waals surface area contributed by atoms with Crippen LogP contribution in [0, 0.1) is 10.1 Å². The fourth-order valence-corrected chi connectivity index (χ4v) is 2.96. The third-order valence-electron chi connectivity index (χ3n) is 3.40. The van der Waals surface area contributed by atoms with E-state index >= 15 is 0 Å². The van der Waals surface area contributed by atoms with Gasteiger partial charge < -0.3 is 4.74 Å². The Balaban J connectivity index is 1.79. The van der Waals surface area contributed by atoms with Crippen molar-refractivity contribution >= 4 is 28.1 Å². The van der Waals surface area contributed by atoms with Crippen LogP contribution in [0.5, 0.6) is 5.75 Å². The van der Waals surface area contributed by atoms with E-state index in [0.29, 0.717) is 5.92 Å². The van der Waals surface area contributed by atoms with Crippen LogP contribution in [0.1, 0.15) is 34.1 Å². The van der Waals surface area contributed by atoms with Crippen LogP contribution >= 0.6 is 11.3 Å². The van der Waals surface area contributed by atoms with Gasteiger partial charge in [0.25, 0.3) is 11.6 Å². The quantitative estimate of drug-likeness (QED) is 0.599. The maximum atomic E-state index is 12.3. The van der Waals surface area contributed by atoms with E-state index in [1.54, 1.807) is 0 Å². The van der Waals surface area contributed by atoms with Crippen LogP contribution in [0.15, 0.2) is 18.2 Å². The smallest absolute Gasteiger partial charge is 0.422 e. The van der Waals surface area contributed by atoms with E-state index in [1.165, 1.54) is 0 Å². The summed E-state index contributed by atoms with van der Waals surface area (Å²) in [5.41, 5.74) is -0.994. The summed E-state index contributed by atoms with van der Waals surface area (Å²) in [5, 5.41) is 22.1. The first kappa shape index (κ1) is 18.0. The molecule has 0 saturated heterocycles. The summed E-state index contributed by atoms with van der Waals surface area (Å²) < 4.78 is 41.3. The Morgan fingerprint density at radius 3 is 2.73 bits per heavy atom. The third-order valence-corrected chi connectivity index (χ3v) is 4.40. The van der Waals surface area contributed by atoms with Gasteiger partial charge in [-0.25, -0.2) is 0 Å². The van der Waals surface area contributed by atoms with Gasteiger partial charge in [0, 0.05) is 12.0 Å². The molecule has 0 spiro atoms. The minimum absolute atomic E-state index is 0.160. The average Bonchev–Trinajstić information content (AvgIpc) is 3.32. The highest BCUT2D eigenvalue weighted by atomic mass is 32.1. The van der Waals surface area contributed by atoms with Gasteiger partial charge in [-0.15, -0.1) is 10.2 Å². The van der Waals surface area contributed by atoms with Crippen molar-refractivity contribution in [2.24, 2.45) is 0 Å². The average molecular weight is 388 g/mol. The number of ether oxygens (including phenoxy) is 1. The van der Waals surface area contributed by atoms with Crippen LogP contribution in [0.4, 0.5) is 24.0 Å². The maximum absolute atomic E-state index is 12.3. The monoisotopic (exact) mass is 388 g/mol. The zero-order valence-corrected chi connectivity index (χ0v) is 13.8. The number of carbonyl (C=O) groups is 1. The van der Waals surface area contributed by atoms with Gasteiger partial charge in [0.15, 0.2) is 6.61 Å². The second-order valence-corrected chi connectivity index (χ2v) is 6.52. The summed E-state index contributed by atoms with van der Waals surface area (Å²) in [6.45, 7) is -1.58. The fourth-order valence-electron chi connectivity index (χ4n) is 2.06. The molecule has 1 saturated carbocycles. The Kier molecular flexibility index (Phi) is 4.76. The van der Waals surface area contributed by atoms with Crippen molar-refractivity contribution in [1.29, 1.82) is 0 Å². The Morgan fingerprint density at radius 2 is 2.12 bits per heavy atom. The number of aromatic nitrogens is 2. The van der Waals surface area contributed by atoms with Crippen LogP contribution in [0.25, 0.3) is 0 Å². The summed E-state index contributed by atoms with van der Waals surface area (Å²) in [6.07, 6.45) is -2.59. The van der Waals surface area contributed by atoms with Crippen molar-refractivity contribution in [1.82, 2.24) is 10.2 Å². The number of halogens is 3. The number of benzene rings is 1. The highest BCUT2D eigenvalue weighted by Crippen LogP contribution is 2.42. The topological polar surface area (TPSA) is 107 Å². The van der Waals surface area contributed by atoms with Gasteiger partial charge in [0.05, 0.1) is 4.92 Å². The normalized spacial score (nSPS) is 14.1. The second-order valence-electron chi connectivity index (χ2n) is 5.51. The number of nitro benzene ring substituents is 1. The van der Waals surface area contributed by atoms with E-state index in [9.17, 15) is 28.1 Å². The van der Waals surface area contributed by atoms with Crippen molar-refractivity contribution < 1.29 is 27.6 Å². The summed E-state index contributed by atoms with van der Waals surface area (Å²) in [4.78, 5) is 22.6. The summed E-state index contributed by atoms with van der Waals surface area (Å²) >= 11 is 1.15. The maximum Gasteiger partial charge on any atom is 0.422 e. The first-order chi connectivity index (χ1) is 12.2. The van der Waals surface area contributed by atoms with Crippen LogP contribution in [0.3, 0.4) is 0 Å². The number of hydrogen-bond acceptors (Lipinski definition) is 7. The van der Waals surface area contributed by atoms with Gasteiger partial charge in [-0.2, -0.15) is 13.2 Å². The molecule has 1 aliphatic rings. The predicted octanol–water partition coefficient (Wildman–Crippen LogP) is 3.52. The van der Waals surface area contributed by atoms with Gasteiger partial charge in [0.2, 0.25) is 5.13 Å². The van der Waals surface area contributed by atoms with Gasteiger partial charge in [0.1, 0.15) is 16.3 Å². The zero-order chi connectivity index (χ0) is 18.9. The number of anilines is 1. The molecular weight excluding hydrogens is 377 g/mol. The van der Waals surface area contributed by atoms with Crippen molar-refractivity contribution in [3.63, 3.8) is 0 Å². The lowest BCUT2D eigenvalue weighted by molar-refractivity contribution is -0.385. The van der Waals surface area contributed by atoms with Crippen molar-refractivity contribution in [3.8, 4) is 5.75 Å². The zero-order valence-electron chi connectivity index (χ0n) is 12.9. The van der Waals surface area contributed by atoms with Crippen molar-refractivity contribution in [3.05, 3.63) is 38.9 Å². The Hall–Kier alpha value is -2.76. The number of nitrogens with one attached hydrogen (secondary N) is 1. The number of nitrogens with zero attached hydrogens (tertiary/aromatic N) is 3. The third kappa shape index (κ3) is 4.45. The molecule has 1 aliphatic carbocycles. The molecule has 1 N–H and O–H groups in total. The molecule has 1 fully saturated rings. The lowest BCUT2D eigenvalue weighted by Gasteiger charge is -2.10. The summed E-state index contributed by atoms with van der Waals surface area (Å²) in [5.74, 6) is -0.867. The molecule has 26 heavy (non-hydrogen) atoms. The number of rotatable bonds is 6. The largest absolute Gasteiger partial charge is 0.484 e. The second kappa shape index (κ2) is 6.86. The molecule has 12 heteroatoms. The first-order valence-corrected chi connectivity index (χ1v) is 8.17. The van der Waals surface area contributed by atoms with Gasteiger partial charge in [-0.1, -0.05) is 11.3 Å². The molecule has 0 atom stereocenters. The molecule has 1 aromatic carbocycles. The molecule has 8 nitrogen and oxygen atoms in total. The molecule has 1 amide bonds. The molecule has 0 unspecified atom stereocenters. The Labute approximate surface area is 148 Å².